The van der Waals surface area contributed by atoms with Crippen LogP contribution in [-0.4, -0.2) is 81.2 Å². The Morgan fingerprint density at radius 1 is 0.977 bits per heavy atom. The monoisotopic (exact) mass is 610 g/mol. The topological polar surface area (TPSA) is 192 Å². The summed E-state index contributed by atoms with van der Waals surface area (Å²) in [4.78, 5) is 63.1. The van der Waals surface area contributed by atoms with Crippen LogP contribution in [0.25, 0.3) is 0 Å². The standard InChI is InChI=1S/C29H30N4O11/c1-16(34)22-24-26(42-2)23(19-11-12-30(13-19)29(37)44-15-18-5-9-21(10-6-18)33(40)41)25(31(24)27(22)35)28(36)43-14-17-3-7-20(8-4-17)32(38)39/h3-10,16,19,22,24,26,34H,11-15H2,1-2H3/t16?,19?,22?,24-,26?/m0/s1. The van der Waals surface area contributed by atoms with Gasteiger partial charge in [-0.3, -0.25) is 29.9 Å². The number of hydrogen-bond acceptors (Lipinski definition) is 11. The second-order valence-corrected chi connectivity index (χ2v) is 10.8. The van der Waals surface area contributed by atoms with Crippen molar-refractivity contribution in [2.24, 2.45) is 11.8 Å². The number of methoxy groups -OCH3 is 1. The maximum absolute atomic E-state index is 13.5. The summed E-state index contributed by atoms with van der Waals surface area (Å²) in [6.45, 7) is 1.66. The number of carbonyl (C=O) groups is 3. The number of amides is 2. The first-order valence-electron chi connectivity index (χ1n) is 13.8. The number of carbonyl (C=O) groups excluding carboxylic acids is 3. The van der Waals surface area contributed by atoms with Crippen molar-refractivity contribution in [3.63, 3.8) is 0 Å². The fraction of sp³-hybridized carbons (Fsp3) is 0.414. The van der Waals surface area contributed by atoms with Crippen molar-refractivity contribution in [3.8, 4) is 0 Å². The first-order valence-corrected chi connectivity index (χ1v) is 13.8. The fourth-order valence-electron chi connectivity index (χ4n) is 6.03. The first kappa shape index (κ1) is 30.6. The van der Waals surface area contributed by atoms with Crippen molar-refractivity contribution in [2.75, 3.05) is 20.2 Å². The molecule has 232 valence electrons. The predicted octanol–water partition coefficient (Wildman–Crippen LogP) is 2.70. The van der Waals surface area contributed by atoms with Crippen LogP contribution in [0.4, 0.5) is 16.2 Å². The lowest BCUT2D eigenvalue weighted by molar-refractivity contribution is -0.385. The van der Waals surface area contributed by atoms with E-state index in [1.807, 2.05) is 0 Å². The van der Waals surface area contributed by atoms with Crippen LogP contribution < -0.4 is 0 Å². The van der Waals surface area contributed by atoms with E-state index in [0.717, 1.165) is 0 Å². The zero-order valence-electron chi connectivity index (χ0n) is 23.9. The lowest BCUT2D eigenvalue weighted by atomic mass is 9.80. The molecular formula is C29H30N4O11. The Labute approximate surface area is 250 Å². The molecule has 3 aliphatic rings. The highest BCUT2D eigenvalue weighted by Gasteiger charge is 2.63. The van der Waals surface area contributed by atoms with Gasteiger partial charge in [0.1, 0.15) is 25.0 Å². The molecule has 0 spiro atoms. The lowest BCUT2D eigenvalue weighted by Gasteiger charge is -2.46. The number of hydrogen-bond donors (Lipinski definition) is 1. The molecular weight excluding hydrogens is 580 g/mol. The number of fused-ring (bicyclic) bond motifs is 1. The number of nitro benzene ring substituents is 2. The van der Waals surface area contributed by atoms with E-state index in [9.17, 15) is 39.7 Å². The number of nitrogens with zero attached hydrogens (tertiary/aromatic N) is 4. The van der Waals surface area contributed by atoms with Gasteiger partial charge in [0.2, 0.25) is 5.91 Å². The molecule has 2 amide bonds. The summed E-state index contributed by atoms with van der Waals surface area (Å²) in [5, 5.41) is 32.1. The number of nitro groups is 2. The molecule has 1 N–H and O–H groups in total. The Kier molecular flexibility index (Phi) is 8.60. The Balaban J connectivity index is 1.32. The summed E-state index contributed by atoms with van der Waals surface area (Å²) in [6, 6.07) is 10.5. The smallest absolute Gasteiger partial charge is 0.410 e. The number of likely N-dealkylation sites (tertiary alicyclic amines) is 1. The van der Waals surface area contributed by atoms with Gasteiger partial charge in [-0.05, 0) is 54.3 Å². The van der Waals surface area contributed by atoms with E-state index in [0.29, 0.717) is 29.7 Å². The Morgan fingerprint density at radius 2 is 1.52 bits per heavy atom. The molecule has 0 saturated carbocycles. The van der Waals surface area contributed by atoms with E-state index in [4.69, 9.17) is 14.2 Å². The third-order valence-corrected chi connectivity index (χ3v) is 8.20. The van der Waals surface area contributed by atoms with E-state index in [2.05, 4.69) is 0 Å². The average Bonchev–Trinajstić information content (AvgIpc) is 3.60. The second kappa shape index (κ2) is 12.4. The number of benzene rings is 2. The van der Waals surface area contributed by atoms with Crippen molar-refractivity contribution in [3.05, 3.63) is 91.2 Å². The van der Waals surface area contributed by atoms with E-state index >= 15 is 0 Å². The van der Waals surface area contributed by atoms with Gasteiger partial charge in [0, 0.05) is 50.4 Å². The Hall–Kier alpha value is -4.89. The van der Waals surface area contributed by atoms with Crippen molar-refractivity contribution >= 4 is 29.3 Å². The van der Waals surface area contributed by atoms with E-state index < -0.39 is 52.0 Å². The molecule has 15 heteroatoms. The maximum atomic E-state index is 13.5. The van der Waals surface area contributed by atoms with Crippen LogP contribution in [-0.2, 0) is 37.0 Å². The van der Waals surface area contributed by atoms with E-state index in [-0.39, 0.29) is 42.7 Å². The molecule has 2 aromatic carbocycles. The van der Waals surface area contributed by atoms with Crippen LogP contribution >= 0.6 is 0 Å². The zero-order chi connectivity index (χ0) is 31.7. The van der Waals surface area contributed by atoms with Crippen molar-refractivity contribution in [1.82, 2.24) is 9.80 Å². The van der Waals surface area contributed by atoms with Crippen molar-refractivity contribution in [2.45, 2.75) is 44.8 Å². The molecule has 15 nitrogen and oxygen atoms in total. The fourth-order valence-corrected chi connectivity index (χ4v) is 6.03. The summed E-state index contributed by atoms with van der Waals surface area (Å²) in [5.41, 5.74) is 1.39. The minimum atomic E-state index is -0.993. The van der Waals surface area contributed by atoms with Gasteiger partial charge in [-0.1, -0.05) is 0 Å². The number of rotatable bonds is 10. The highest BCUT2D eigenvalue weighted by molar-refractivity contribution is 6.01. The third kappa shape index (κ3) is 5.70. The number of aliphatic hydroxyl groups excluding tert-OH is 1. The average molecular weight is 611 g/mol. The van der Waals surface area contributed by atoms with Gasteiger partial charge in [0.15, 0.2) is 0 Å². The minimum absolute atomic E-state index is 0.0109. The van der Waals surface area contributed by atoms with Crippen LogP contribution in [0.1, 0.15) is 24.5 Å². The molecule has 0 bridgehead atoms. The summed E-state index contributed by atoms with van der Waals surface area (Å²) >= 11 is 0. The number of esters is 1. The summed E-state index contributed by atoms with van der Waals surface area (Å²) < 4.78 is 16.8. The van der Waals surface area contributed by atoms with Gasteiger partial charge in [-0.15, -0.1) is 0 Å². The molecule has 2 aromatic rings. The van der Waals surface area contributed by atoms with E-state index in [1.54, 1.807) is 0 Å². The number of β-lactam (4-membered cyclic amide) rings is 1. The highest BCUT2D eigenvalue weighted by Crippen LogP contribution is 2.49. The number of ether oxygens (including phenoxy) is 3. The number of non-ortho nitro benzene ring substituents is 2. The molecule has 0 aromatic heterocycles. The molecule has 2 saturated heterocycles. The number of aliphatic hydroxyl groups is 1. The minimum Gasteiger partial charge on any atom is -0.456 e. The molecule has 3 heterocycles. The molecule has 2 fully saturated rings. The van der Waals surface area contributed by atoms with Gasteiger partial charge in [0.25, 0.3) is 11.4 Å². The summed E-state index contributed by atoms with van der Waals surface area (Å²) in [6.07, 6.45) is -1.89. The van der Waals surface area contributed by atoms with Crippen LogP contribution in [0.15, 0.2) is 59.8 Å². The molecule has 4 unspecified atom stereocenters. The zero-order valence-corrected chi connectivity index (χ0v) is 23.9. The lowest BCUT2D eigenvalue weighted by Crippen LogP contribution is -2.65. The van der Waals surface area contributed by atoms with Crippen molar-refractivity contribution < 1.29 is 43.5 Å². The predicted molar refractivity (Wildman–Crippen MR) is 149 cm³/mol. The molecule has 44 heavy (non-hydrogen) atoms. The van der Waals surface area contributed by atoms with Gasteiger partial charge in [0.05, 0.1) is 27.9 Å². The van der Waals surface area contributed by atoms with Crippen LogP contribution in [0.5, 0.6) is 0 Å². The maximum Gasteiger partial charge on any atom is 0.410 e. The Morgan fingerprint density at radius 3 is 2.02 bits per heavy atom. The molecule has 5 atom stereocenters. The molecule has 5 rings (SSSR count). The van der Waals surface area contributed by atoms with Gasteiger partial charge >= 0.3 is 12.1 Å². The highest BCUT2D eigenvalue weighted by atomic mass is 16.6. The quantitative estimate of drug-likeness (QED) is 0.180. The molecule has 0 aliphatic carbocycles. The first-order chi connectivity index (χ1) is 21.0. The third-order valence-electron chi connectivity index (χ3n) is 8.20. The van der Waals surface area contributed by atoms with E-state index in [1.165, 1.54) is 72.4 Å². The second-order valence-electron chi connectivity index (χ2n) is 10.8. The van der Waals surface area contributed by atoms with Crippen LogP contribution in [0.3, 0.4) is 0 Å². The largest absolute Gasteiger partial charge is 0.456 e. The van der Waals surface area contributed by atoms with Crippen LogP contribution in [0, 0.1) is 32.1 Å². The normalized spacial score (nSPS) is 23.2. The molecule has 0 radical (unpaired) electrons. The van der Waals surface area contributed by atoms with Crippen LogP contribution in [0.2, 0.25) is 0 Å². The molecule has 3 aliphatic heterocycles. The summed E-state index contributed by atoms with van der Waals surface area (Å²) in [7, 11) is 1.45. The Bertz CT molecular complexity index is 1510. The SMILES string of the molecule is COC1C(C2CCN(C(=O)OCc3ccc([N+](=O)[O-])cc3)C2)=C(C(=O)OCc2ccc([N+](=O)[O-])cc2)N2C(=O)C(C(C)O)[C@@H]12. The summed E-state index contributed by atoms with van der Waals surface area (Å²) in [5.74, 6) is -2.41. The van der Waals surface area contributed by atoms with Gasteiger partial charge < -0.3 is 24.2 Å². The van der Waals surface area contributed by atoms with Gasteiger partial charge in [-0.25, -0.2) is 9.59 Å². The van der Waals surface area contributed by atoms with Gasteiger partial charge in [-0.2, -0.15) is 0 Å². The van der Waals surface area contributed by atoms with Crippen molar-refractivity contribution in [1.29, 1.82) is 0 Å².